The Morgan fingerprint density at radius 2 is 1.84 bits per heavy atom. The number of nitrogen functional groups attached to an aromatic ring is 1. The summed E-state index contributed by atoms with van der Waals surface area (Å²) in [6.07, 6.45) is 3.94. The summed E-state index contributed by atoms with van der Waals surface area (Å²) >= 11 is 1.57. The number of imidazole rings is 1. The number of aryl methyl sites for hydroxylation is 3. The van der Waals surface area contributed by atoms with Gasteiger partial charge in [0.25, 0.3) is 5.95 Å². The van der Waals surface area contributed by atoms with E-state index in [2.05, 4.69) is 9.97 Å². The average Bonchev–Trinajstić information content (AvgIpc) is 2.81. The van der Waals surface area contributed by atoms with Gasteiger partial charge in [0.1, 0.15) is 15.1 Å². The first kappa shape index (κ1) is 19.2. The van der Waals surface area contributed by atoms with Gasteiger partial charge in [0.15, 0.2) is 6.33 Å². The third-order valence-electron chi connectivity index (χ3n) is 3.39. The maximum atomic E-state index is 10.4. The molecule has 3 aromatic rings. The molecule has 0 radical (unpaired) electrons. The Kier molecular flexibility index (Phi) is 5.65. The Hall–Kier alpha value is -2.17. The molecule has 2 heterocycles. The fourth-order valence-corrected chi connectivity index (χ4v) is 3.30. The molecule has 1 aromatic carbocycles. The number of nitrogens with two attached hydrogens (primary N) is 1. The van der Waals surface area contributed by atoms with Crippen molar-refractivity contribution in [2.45, 2.75) is 16.8 Å². The van der Waals surface area contributed by atoms with E-state index in [1.807, 2.05) is 42.7 Å². The SMILES string of the molecule is CSc1nc(N)nc2c1n(C)c[n+]2C.Cc1ccc(S(=O)(=O)[O-])cc1. The highest BCUT2D eigenvalue weighted by atomic mass is 32.2. The van der Waals surface area contributed by atoms with Crippen LogP contribution in [0, 0.1) is 6.92 Å². The van der Waals surface area contributed by atoms with Gasteiger partial charge in [-0.05, 0) is 25.3 Å². The predicted molar refractivity (Wildman–Crippen MR) is 95.0 cm³/mol. The first-order valence-corrected chi connectivity index (χ1v) is 9.81. The van der Waals surface area contributed by atoms with Gasteiger partial charge < -0.3 is 10.3 Å². The van der Waals surface area contributed by atoms with Crippen molar-refractivity contribution in [2.24, 2.45) is 14.1 Å². The van der Waals surface area contributed by atoms with Crippen LogP contribution in [-0.4, -0.2) is 33.8 Å². The lowest BCUT2D eigenvalue weighted by Gasteiger charge is -2.05. The maximum Gasteiger partial charge on any atom is 0.308 e. The van der Waals surface area contributed by atoms with E-state index in [1.165, 1.54) is 12.1 Å². The number of rotatable bonds is 2. The van der Waals surface area contributed by atoms with E-state index in [4.69, 9.17) is 5.73 Å². The number of hydrogen-bond acceptors (Lipinski definition) is 7. The highest BCUT2D eigenvalue weighted by Crippen LogP contribution is 2.21. The van der Waals surface area contributed by atoms with E-state index < -0.39 is 10.1 Å². The van der Waals surface area contributed by atoms with Crippen molar-refractivity contribution in [1.29, 1.82) is 0 Å². The van der Waals surface area contributed by atoms with Crippen LogP contribution >= 0.6 is 11.8 Å². The van der Waals surface area contributed by atoms with Crippen molar-refractivity contribution < 1.29 is 17.5 Å². The number of benzene rings is 1. The summed E-state index contributed by atoms with van der Waals surface area (Å²) in [5.41, 5.74) is 8.44. The van der Waals surface area contributed by atoms with Crippen LogP contribution in [0.2, 0.25) is 0 Å². The van der Waals surface area contributed by atoms with E-state index in [0.29, 0.717) is 5.95 Å². The summed E-state index contributed by atoms with van der Waals surface area (Å²) in [6, 6.07) is 5.78. The van der Waals surface area contributed by atoms with Gasteiger partial charge in [0.05, 0.1) is 19.0 Å². The Morgan fingerprint density at radius 3 is 2.36 bits per heavy atom. The fraction of sp³-hybridized carbons (Fsp3) is 0.267. The first-order chi connectivity index (χ1) is 11.6. The molecule has 0 aliphatic heterocycles. The van der Waals surface area contributed by atoms with E-state index >= 15 is 0 Å². The molecule has 0 aliphatic rings. The smallest absolute Gasteiger partial charge is 0.308 e. The molecule has 0 atom stereocenters. The third-order valence-corrected chi connectivity index (χ3v) is 4.91. The number of fused-ring (bicyclic) bond motifs is 1. The standard InChI is InChI=1S/C8H12N5S.C7H8O3S/c1-12-4-13(2)6-5(12)7(14-3)11-8(9)10-6;1-6-2-4-7(5-3-6)11(8,9)10/h4H,1-3H3,(H2,9,10,11);2-5H,1H3,(H,8,9,10)/q+1;/p-1. The minimum absolute atomic E-state index is 0.178. The minimum atomic E-state index is -4.27. The zero-order chi connectivity index (χ0) is 18.8. The van der Waals surface area contributed by atoms with E-state index in [0.717, 1.165) is 21.8 Å². The van der Waals surface area contributed by atoms with Crippen molar-refractivity contribution in [1.82, 2.24) is 14.5 Å². The second kappa shape index (κ2) is 7.38. The third kappa shape index (κ3) is 4.47. The Labute approximate surface area is 150 Å². The number of thioether (sulfide) groups is 1. The molecular formula is C15H19N5O3S2. The summed E-state index contributed by atoms with van der Waals surface area (Å²) in [7, 11) is -0.352. The van der Waals surface area contributed by atoms with Gasteiger partial charge in [0.2, 0.25) is 5.52 Å². The van der Waals surface area contributed by atoms with Crippen LogP contribution in [0.3, 0.4) is 0 Å². The largest absolute Gasteiger partial charge is 0.744 e. The molecule has 3 rings (SSSR count). The molecule has 0 saturated carbocycles. The summed E-state index contributed by atoms with van der Waals surface area (Å²) in [4.78, 5) is 8.21. The summed E-state index contributed by atoms with van der Waals surface area (Å²) in [5.74, 6) is 0.323. The maximum absolute atomic E-state index is 10.4. The zero-order valence-corrected chi connectivity index (χ0v) is 15.9. The van der Waals surface area contributed by atoms with Crippen molar-refractivity contribution in [3.63, 3.8) is 0 Å². The second-order valence-electron chi connectivity index (χ2n) is 5.37. The van der Waals surface area contributed by atoms with Gasteiger partial charge >= 0.3 is 5.65 Å². The molecule has 8 nitrogen and oxygen atoms in total. The molecule has 134 valence electrons. The van der Waals surface area contributed by atoms with Crippen molar-refractivity contribution in [3.8, 4) is 0 Å². The predicted octanol–water partition coefficient (Wildman–Crippen LogP) is 0.996. The number of aromatic nitrogens is 4. The fourth-order valence-electron chi connectivity index (χ4n) is 2.21. The van der Waals surface area contributed by atoms with E-state index in [9.17, 15) is 13.0 Å². The summed E-state index contributed by atoms with van der Waals surface area (Å²) < 4.78 is 35.1. The van der Waals surface area contributed by atoms with Gasteiger partial charge in [-0.25, -0.2) is 13.0 Å². The zero-order valence-electron chi connectivity index (χ0n) is 14.3. The highest BCUT2D eigenvalue weighted by molar-refractivity contribution is 7.98. The van der Waals surface area contributed by atoms with Crippen molar-refractivity contribution in [3.05, 3.63) is 36.2 Å². The van der Waals surface area contributed by atoms with Crippen LogP contribution < -0.4 is 10.3 Å². The number of nitrogens with zero attached hydrogens (tertiary/aromatic N) is 4. The molecular weight excluding hydrogens is 362 g/mol. The molecule has 0 aliphatic carbocycles. The molecule has 25 heavy (non-hydrogen) atoms. The summed E-state index contributed by atoms with van der Waals surface area (Å²) in [5, 5.41) is 0.913. The van der Waals surface area contributed by atoms with E-state index in [-0.39, 0.29) is 4.90 Å². The lowest BCUT2D eigenvalue weighted by molar-refractivity contribution is -0.647. The van der Waals surface area contributed by atoms with Crippen LogP contribution in [0.15, 0.2) is 40.5 Å². The van der Waals surface area contributed by atoms with Gasteiger partial charge in [-0.1, -0.05) is 22.7 Å². The van der Waals surface area contributed by atoms with Crippen LogP contribution in [-0.2, 0) is 24.2 Å². The van der Waals surface area contributed by atoms with Crippen LogP contribution in [0.4, 0.5) is 5.95 Å². The number of hydrogen-bond donors (Lipinski definition) is 1. The lowest BCUT2D eigenvalue weighted by atomic mass is 10.2. The molecule has 0 amide bonds. The molecule has 0 spiro atoms. The molecule has 2 N–H and O–H groups in total. The summed E-state index contributed by atoms with van der Waals surface area (Å²) in [6.45, 7) is 1.82. The van der Waals surface area contributed by atoms with Crippen LogP contribution in [0.5, 0.6) is 0 Å². The highest BCUT2D eigenvalue weighted by Gasteiger charge is 2.18. The Bertz CT molecular complexity index is 998. The quantitative estimate of drug-likeness (QED) is 0.304. The van der Waals surface area contributed by atoms with Crippen LogP contribution in [0.1, 0.15) is 5.56 Å². The molecule has 0 unspecified atom stereocenters. The van der Waals surface area contributed by atoms with Crippen LogP contribution in [0.25, 0.3) is 11.2 Å². The molecule has 10 heteroatoms. The van der Waals surface area contributed by atoms with Crippen molar-refractivity contribution >= 4 is 39.0 Å². The molecule has 0 fully saturated rings. The Balaban J connectivity index is 0.000000186. The van der Waals surface area contributed by atoms with Crippen molar-refractivity contribution in [2.75, 3.05) is 12.0 Å². The Morgan fingerprint density at radius 1 is 1.24 bits per heavy atom. The number of anilines is 1. The van der Waals surface area contributed by atoms with Gasteiger partial charge in [-0.15, -0.1) is 11.8 Å². The van der Waals surface area contributed by atoms with E-state index in [1.54, 1.807) is 23.9 Å². The minimum Gasteiger partial charge on any atom is -0.744 e. The average molecular weight is 381 g/mol. The lowest BCUT2D eigenvalue weighted by Crippen LogP contribution is -2.26. The first-order valence-electron chi connectivity index (χ1n) is 7.18. The van der Waals surface area contributed by atoms with Gasteiger partial charge in [0, 0.05) is 0 Å². The van der Waals surface area contributed by atoms with Gasteiger partial charge in [-0.2, -0.15) is 4.98 Å². The molecule has 0 saturated heterocycles. The van der Waals surface area contributed by atoms with Gasteiger partial charge in [-0.3, -0.25) is 4.57 Å². The molecule has 2 aromatic heterocycles. The second-order valence-corrected chi connectivity index (χ2v) is 7.54. The topological polar surface area (TPSA) is 118 Å². The molecule has 0 bridgehead atoms. The normalized spacial score (nSPS) is 11.2. The monoisotopic (exact) mass is 381 g/mol.